The molecule has 144 valence electrons. The SMILES string of the molecule is O=C(O)CCC1CCCN(CC(=O)Nc2cc(C(F)(F)F)ccc2Cl)C1. The van der Waals surface area contributed by atoms with Crippen LogP contribution in [0.5, 0.6) is 0 Å². The van der Waals surface area contributed by atoms with Crippen molar-refractivity contribution in [2.24, 2.45) is 5.92 Å². The molecule has 2 N–H and O–H groups in total. The summed E-state index contributed by atoms with van der Waals surface area (Å²) in [6.07, 6.45) is -2.13. The Balaban J connectivity index is 1.93. The summed E-state index contributed by atoms with van der Waals surface area (Å²) in [4.78, 5) is 24.7. The predicted molar refractivity (Wildman–Crippen MR) is 91.1 cm³/mol. The number of anilines is 1. The molecule has 1 amide bonds. The van der Waals surface area contributed by atoms with Crippen LogP contribution in [0.1, 0.15) is 31.2 Å². The zero-order chi connectivity index (χ0) is 19.3. The van der Waals surface area contributed by atoms with Gasteiger partial charge >= 0.3 is 12.1 Å². The second-order valence-corrected chi connectivity index (χ2v) is 6.82. The molecule has 26 heavy (non-hydrogen) atoms. The highest BCUT2D eigenvalue weighted by molar-refractivity contribution is 6.33. The molecule has 1 aromatic rings. The first-order valence-electron chi connectivity index (χ1n) is 8.26. The third-order valence-corrected chi connectivity index (χ3v) is 4.63. The molecule has 1 heterocycles. The van der Waals surface area contributed by atoms with Gasteiger partial charge in [-0.2, -0.15) is 13.2 Å². The van der Waals surface area contributed by atoms with Crippen molar-refractivity contribution in [3.63, 3.8) is 0 Å². The van der Waals surface area contributed by atoms with Crippen LogP contribution >= 0.6 is 11.6 Å². The molecular weight excluding hydrogens is 373 g/mol. The average Bonchev–Trinajstić information content (AvgIpc) is 2.54. The van der Waals surface area contributed by atoms with Crippen LogP contribution in [-0.2, 0) is 15.8 Å². The number of carboxylic acids is 1. The molecule has 0 radical (unpaired) electrons. The Morgan fingerprint density at radius 1 is 1.35 bits per heavy atom. The standard InChI is InChI=1S/C17H20ClF3N2O3/c18-13-5-4-12(17(19,20)21)8-14(13)22-15(24)10-23-7-1-2-11(9-23)3-6-16(25)26/h4-5,8,11H,1-3,6-7,9-10H2,(H,22,24)(H,25,26). The minimum atomic E-state index is -4.52. The minimum absolute atomic E-state index is 0.0240. The number of hydrogen-bond donors (Lipinski definition) is 2. The maximum atomic E-state index is 12.8. The van der Waals surface area contributed by atoms with Gasteiger partial charge < -0.3 is 10.4 Å². The fourth-order valence-electron chi connectivity index (χ4n) is 3.05. The van der Waals surface area contributed by atoms with Crippen LogP contribution in [0, 0.1) is 5.92 Å². The van der Waals surface area contributed by atoms with Gasteiger partial charge in [0.25, 0.3) is 0 Å². The maximum absolute atomic E-state index is 12.8. The summed E-state index contributed by atoms with van der Waals surface area (Å²) in [7, 11) is 0. The summed E-state index contributed by atoms with van der Waals surface area (Å²) >= 11 is 5.88. The molecule has 1 unspecified atom stereocenters. The van der Waals surface area contributed by atoms with E-state index in [1.807, 2.05) is 4.90 Å². The zero-order valence-corrected chi connectivity index (χ0v) is 14.7. The number of hydrogen-bond acceptors (Lipinski definition) is 3. The van der Waals surface area contributed by atoms with E-state index in [9.17, 15) is 22.8 Å². The second-order valence-electron chi connectivity index (χ2n) is 6.42. The molecule has 1 atom stereocenters. The molecule has 0 bridgehead atoms. The second kappa shape index (κ2) is 8.73. The third-order valence-electron chi connectivity index (χ3n) is 4.30. The first-order valence-corrected chi connectivity index (χ1v) is 8.63. The number of likely N-dealkylation sites (tertiary alicyclic amines) is 1. The quantitative estimate of drug-likeness (QED) is 0.771. The summed E-state index contributed by atoms with van der Waals surface area (Å²) in [6.45, 7) is 1.31. The van der Waals surface area contributed by atoms with Gasteiger partial charge in [0, 0.05) is 13.0 Å². The Labute approximate surface area is 154 Å². The summed E-state index contributed by atoms with van der Waals surface area (Å²) < 4.78 is 38.3. The number of carbonyl (C=O) groups is 2. The fourth-order valence-corrected chi connectivity index (χ4v) is 3.21. The average molecular weight is 393 g/mol. The molecule has 5 nitrogen and oxygen atoms in total. The number of piperidine rings is 1. The summed E-state index contributed by atoms with van der Waals surface area (Å²) in [6, 6.07) is 2.77. The monoisotopic (exact) mass is 392 g/mol. The lowest BCUT2D eigenvalue weighted by molar-refractivity contribution is -0.138. The number of nitrogens with one attached hydrogen (secondary N) is 1. The van der Waals surface area contributed by atoms with Crippen molar-refractivity contribution in [2.75, 3.05) is 25.0 Å². The molecule has 0 spiro atoms. The van der Waals surface area contributed by atoms with Gasteiger partial charge in [-0.25, -0.2) is 0 Å². The van der Waals surface area contributed by atoms with Crippen molar-refractivity contribution < 1.29 is 27.9 Å². The van der Waals surface area contributed by atoms with E-state index in [2.05, 4.69) is 5.32 Å². The maximum Gasteiger partial charge on any atom is 0.416 e. The Bertz CT molecular complexity index is 667. The van der Waals surface area contributed by atoms with Crippen LogP contribution in [0.15, 0.2) is 18.2 Å². The van der Waals surface area contributed by atoms with Crippen LogP contribution in [-0.4, -0.2) is 41.5 Å². The van der Waals surface area contributed by atoms with Crippen molar-refractivity contribution in [3.8, 4) is 0 Å². The van der Waals surface area contributed by atoms with Gasteiger partial charge in [-0.3, -0.25) is 14.5 Å². The molecule has 9 heteroatoms. The molecule has 0 aromatic heterocycles. The van der Waals surface area contributed by atoms with E-state index in [1.165, 1.54) is 0 Å². The smallest absolute Gasteiger partial charge is 0.416 e. The summed E-state index contributed by atoms with van der Waals surface area (Å²) in [5.74, 6) is -1.10. The van der Waals surface area contributed by atoms with E-state index < -0.39 is 23.6 Å². The number of carboxylic acid groups (broad SMARTS) is 1. The van der Waals surface area contributed by atoms with Gasteiger partial charge in [0.15, 0.2) is 0 Å². The van der Waals surface area contributed by atoms with Gasteiger partial charge in [-0.15, -0.1) is 0 Å². The molecule has 0 aliphatic carbocycles. The Hall–Kier alpha value is -1.80. The Morgan fingerprint density at radius 3 is 2.73 bits per heavy atom. The first kappa shape index (κ1) is 20.5. The lowest BCUT2D eigenvalue weighted by atomic mass is 9.93. The van der Waals surface area contributed by atoms with E-state index in [0.717, 1.165) is 31.0 Å². The van der Waals surface area contributed by atoms with E-state index in [0.29, 0.717) is 19.5 Å². The molecule has 1 saturated heterocycles. The molecule has 0 saturated carbocycles. The lowest BCUT2D eigenvalue weighted by Gasteiger charge is -2.32. The number of nitrogens with zero attached hydrogens (tertiary/aromatic N) is 1. The van der Waals surface area contributed by atoms with Gasteiger partial charge in [-0.1, -0.05) is 11.6 Å². The van der Waals surface area contributed by atoms with Crippen LogP contribution in [0.2, 0.25) is 5.02 Å². The first-order chi connectivity index (χ1) is 12.1. The zero-order valence-electron chi connectivity index (χ0n) is 14.0. The van der Waals surface area contributed by atoms with Gasteiger partial charge in [0.2, 0.25) is 5.91 Å². The Kier molecular flexibility index (Phi) is 6.88. The predicted octanol–water partition coefficient (Wildman–Crippen LogP) is 3.87. The van der Waals surface area contributed by atoms with Crippen molar-refractivity contribution >= 4 is 29.2 Å². The largest absolute Gasteiger partial charge is 0.481 e. The Morgan fingerprint density at radius 2 is 2.08 bits per heavy atom. The molecule has 1 aromatic carbocycles. The van der Waals surface area contributed by atoms with Crippen LogP contribution < -0.4 is 5.32 Å². The number of benzene rings is 1. The number of alkyl halides is 3. The van der Waals surface area contributed by atoms with Crippen molar-refractivity contribution in [3.05, 3.63) is 28.8 Å². The van der Waals surface area contributed by atoms with E-state index in [-0.39, 0.29) is 29.6 Å². The van der Waals surface area contributed by atoms with Crippen LogP contribution in [0.25, 0.3) is 0 Å². The number of amides is 1. The molecule has 1 aliphatic rings. The van der Waals surface area contributed by atoms with Crippen LogP contribution in [0.3, 0.4) is 0 Å². The number of rotatable bonds is 6. The number of halogens is 4. The third kappa shape index (κ3) is 6.17. The fraction of sp³-hybridized carbons (Fsp3) is 0.529. The molecule has 1 aliphatic heterocycles. The molecular formula is C17H20ClF3N2O3. The lowest BCUT2D eigenvalue weighted by Crippen LogP contribution is -2.40. The van der Waals surface area contributed by atoms with E-state index >= 15 is 0 Å². The van der Waals surface area contributed by atoms with Gasteiger partial charge in [-0.05, 0) is 49.9 Å². The normalized spacial score (nSPS) is 18.5. The highest BCUT2D eigenvalue weighted by Gasteiger charge is 2.31. The highest BCUT2D eigenvalue weighted by atomic mass is 35.5. The number of carbonyl (C=O) groups excluding carboxylic acids is 1. The van der Waals surface area contributed by atoms with E-state index in [4.69, 9.17) is 16.7 Å². The van der Waals surface area contributed by atoms with Crippen molar-refractivity contribution in [1.82, 2.24) is 4.90 Å². The van der Waals surface area contributed by atoms with Crippen molar-refractivity contribution in [1.29, 1.82) is 0 Å². The summed E-state index contributed by atoms with van der Waals surface area (Å²) in [5, 5.41) is 11.2. The van der Waals surface area contributed by atoms with Gasteiger partial charge in [0.1, 0.15) is 0 Å². The topological polar surface area (TPSA) is 69.6 Å². The summed E-state index contributed by atoms with van der Waals surface area (Å²) in [5.41, 5.74) is -0.963. The van der Waals surface area contributed by atoms with E-state index in [1.54, 1.807) is 0 Å². The van der Waals surface area contributed by atoms with Gasteiger partial charge in [0.05, 0.1) is 22.8 Å². The number of aliphatic carboxylic acids is 1. The van der Waals surface area contributed by atoms with Crippen LogP contribution in [0.4, 0.5) is 18.9 Å². The minimum Gasteiger partial charge on any atom is -0.481 e. The molecule has 1 fully saturated rings. The molecule has 2 rings (SSSR count). The van der Waals surface area contributed by atoms with Crippen molar-refractivity contribution in [2.45, 2.75) is 31.9 Å². The highest BCUT2D eigenvalue weighted by Crippen LogP contribution is 2.33.